The van der Waals surface area contributed by atoms with Gasteiger partial charge in [-0.1, -0.05) is 6.07 Å². The van der Waals surface area contributed by atoms with Crippen molar-refractivity contribution in [1.82, 2.24) is 5.32 Å². The number of carbonyl (C=O) groups excluding carboxylic acids is 1. The first-order valence-electron chi connectivity index (χ1n) is 6.23. The molecule has 110 valence electrons. The highest BCUT2D eigenvalue weighted by Gasteiger charge is 2.23. The summed E-state index contributed by atoms with van der Waals surface area (Å²) in [6, 6.07) is 4.23. The van der Waals surface area contributed by atoms with E-state index in [9.17, 15) is 14.9 Å². The van der Waals surface area contributed by atoms with E-state index in [1.54, 1.807) is 20.8 Å². The van der Waals surface area contributed by atoms with E-state index in [1.165, 1.54) is 18.2 Å². The Morgan fingerprint density at radius 2 is 2.15 bits per heavy atom. The largest absolute Gasteiger partial charge is 0.487 e. The second-order valence-electron chi connectivity index (χ2n) is 5.02. The molecule has 1 amide bonds. The Kier molecular flexibility index (Phi) is 5.04. The summed E-state index contributed by atoms with van der Waals surface area (Å²) in [5.74, 6) is -0.469. The lowest BCUT2D eigenvalue weighted by molar-refractivity contribution is -0.385. The quantitative estimate of drug-likeness (QED) is 0.606. The maximum Gasteiger partial charge on any atom is 0.311 e. The summed E-state index contributed by atoms with van der Waals surface area (Å²) in [5.41, 5.74) is 5.12. The molecule has 7 heteroatoms. The van der Waals surface area contributed by atoms with Crippen LogP contribution >= 0.6 is 0 Å². The lowest BCUT2D eigenvalue weighted by Crippen LogP contribution is -2.45. The number of nitro benzene ring substituents is 1. The molecule has 3 N–H and O–H groups in total. The van der Waals surface area contributed by atoms with Crippen LogP contribution in [0.2, 0.25) is 0 Å². The molecule has 0 saturated carbocycles. The van der Waals surface area contributed by atoms with E-state index >= 15 is 0 Å². The average Bonchev–Trinajstić information content (AvgIpc) is 2.35. The van der Waals surface area contributed by atoms with Crippen LogP contribution in [0.15, 0.2) is 18.2 Å². The summed E-state index contributed by atoms with van der Waals surface area (Å²) in [6.07, 6.45) is 0. The van der Waals surface area contributed by atoms with E-state index in [1.807, 2.05) is 0 Å². The summed E-state index contributed by atoms with van der Waals surface area (Å²) in [6.45, 7) is 5.71. The molecule has 0 aromatic heterocycles. The van der Waals surface area contributed by atoms with Gasteiger partial charge in [-0.05, 0) is 26.8 Å². The number of ether oxygens (including phenoxy) is 1. The van der Waals surface area contributed by atoms with Gasteiger partial charge in [-0.25, -0.2) is 0 Å². The molecule has 0 aliphatic rings. The van der Waals surface area contributed by atoms with Crippen LogP contribution in [0.5, 0.6) is 5.75 Å². The highest BCUT2D eigenvalue weighted by molar-refractivity contribution is 5.98. The lowest BCUT2D eigenvalue weighted by atomic mass is 10.1. The second-order valence-corrected chi connectivity index (χ2v) is 5.02. The van der Waals surface area contributed by atoms with Gasteiger partial charge in [0.2, 0.25) is 5.75 Å². The minimum atomic E-state index is -0.575. The van der Waals surface area contributed by atoms with Crippen LogP contribution in [-0.2, 0) is 0 Å². The Morgan fingerprint density at radius 3 is 2.65 bits per heavy atom. The van der Waals surface area contributed by atoms with Gasteiger partial charge in [-0.15, -0.1) is 0 Å². The monoisotopic (exact) mass is 281 g/mol. The number of nitrogens with one attached hydrogen (secondary N) is 1. The van der Waals surface area contributed by atoms with E-state index in [2.05, 4.69) is 5.32 Å². The van der Waals surface area contributed by atoms with Crippen molar-refractivity contribution in [3.8, 4) is 5.75 Å². The van der Waals surface area contributed by atoms with Crippen molar-refractivity contribution in [3.05, 3.63) is 33.9 Å². The Hall–Kier alpha value is -2.15. The first-order valence-corrected chi connectivity index (χ1v) is 6.23. The minimum Gasteiger partial charge on any atom is -0.487 e. The number of hydrogen-bond donors (Lipinski definition) is 2. The molecule has 0 heterocycles. The summed E-state index contributed by atoms with van der Waals surface area (Å²) in [7, 11) is 0. The maximum atomic E-state index is 12.1. The van der Waals surface area contributed by atoms with Crippen LogP contribution in [0.1, 0.15) is 31.1 Å². The average molecular weight is 281 g/mol. The highest BCUT2D eigenvalue weighted by Crippen LogP contribution is 2.30. The maximum absolute atomic E-state index is 12.1. The summed E-state index contributed by atoms with van der Waals surface area (Å²) < 4.78 is 5.25. The number of nitro groups is 1. The van der Waals surface area contributed by atoms with E-state index in [0.717, 1.165) is 0 Å². The van der Waals surface area contributed by atoms with Crippen molar-refractivity contribution in [2.45, 2.75) is 26.3 Å². The van der Waals surface area contributed by atoms with Crippen molar-refractivity contribution < 1.29 is 14.5 Å². The number of benzene rings is 1. The molecule has 1 aromatic rings. The first kappa shape index (κ1) is 15.9. The smallest absolute Gasteiger partial charge is 0.311 e. The number of nitrogens with zero attached hydrogens (tertiary/aromatic N) is 1. The number of nitrogens with two attached hydrogens (primary N) is 1. The Balaban J connectivity index is 3.07. The molecule has 0 unspecified atom stereocenters. The van der Waals surface area contributed by atoms with Crippen LogP contribution in [-0.4, -0.2) is 29.5 Å². The van der Waals surface area contributed by atoms with Gasteiger partial charge in [-0.2, -0.15) is 0 Å². The summed E-state index contributed by atoms with van der Waals surface area (Å²) in [5, 5.41) is 13.6. The molecule has 1 aromatic carbocycles. The van der Waals surface area contributed by atoms with Gasteiger partial charge >= 0.3 is 5.69 Å². The van der Waals surface area contributed by atoms with Gasteiger partial charge in [0.25, 0.3) is 5.91 Å². The zero-order valence-corrected chi connectivity index (χ0v) is 11.8. The van der Waals surface area contributed by atoms with Gasteiger partial charge in [0.15, 0.2) is 0 Å². The standard InChI is InChI=1S/C13H19N3O4/c1-4-20-11-9(6-5-7-10(11)16(18)19)12(17)15-8-13(2,3)14/h5-7H,4,8,14H2,1-3H3,(H,15,17). The third-order valence-electron chi connectivity index (χ3n) is 2.43. The van der Waals surface area contributed by atoms with Crippen molar-refractivity contribution in [1.29, 1.82) is 0 Å². The van der Waals surface area contributed by atoms with Crippen LogP contribution in [0, 0.1) is 10.1 Å². The van der Waals surface area contributed by atoms with Crippen molar-refractivity contribution in [2.24, 2.45) is 5.73 Å². The number of hydrogen-bond acceptors (Lipinski definition) is 5. The topological polar surface area (TPSA) is 107 Å². The lowest BCUT2D eigenvalue weighted by Gasteiger charge is -2.19. The first-order chi connectivity index (χ1) is 9.26. The fourth-order valence-corrected chi connectivity index (χ4v) is 1.55. The zero-order valence-electron chi connectivity index (χ0n) is 11.8. The van der Waals surface area contributed by atoms with E-state index in [0.29, 0.717) is 0 Å². The molecule has 1 rings (SSSR count). The molecule has 0 saturated heterocycles. The highest BCUT2D eigenvalue weighted by atomic mass is 16.6. The number of amides is 1. The molecular weight excluding hydrogens is 262 g/mol. The Labute approximate surface area is 117 Å². The number of rotatable bonds is 6. The molecule has 20 heavy (non-hydrogen) atoms. The molecule has 0 atom stereocenters. The van der Waals surface area contributed by atoms with Gasteiger partial charge in [-0.3, -0.25) is 14.9 Å². The van der Waals surface area contributed by atoms with E-state index < -0.39 is 16.4 Å². The van der Waals surface area contributed by atoms with Crippen LogP contribution in [0.25, 0.3) is 0 Å². The molecule has 0 bridgehead atoms. The fraction of sp³-hybridized carbons (Fsp3) is 0.462. The SMILES string of the molecule is CCOc1c(C(=O)NCC(C)(C)N)cccc1[N+](=O)[O-]. The molecule has 7 nitrogen and oxygen atoms in total. The zero-order chi connectivity index (χ0) is 15.3. The molecule has 0 aliphatic carbocycles. The van der Waals surface area contributed by atoms with Gasteiger partial charge < -0.3 is 15.8 Å². The van der Waals surface area contributed by atoms with E-state index in [4.69, 9.17) is 10.5 Å². The van der Waals surface area contributed by atoms with Gasteiger partial charge in [0.05, 0.1) is 17.1 Å². The third kappa shape index (κ3) is 4.20. The molecular formula is C13H19N3O4. The molecule has 0 aliphatic heterocycles. The number of carbonyl (C=O) groups is 1. The third-order valence-corrected chi connectivity index (χ3v) is 2.43. The summed E-state index contributed by atoms with van der Waals surface area (Å²) in [4.78, 5) is 22.5. The predicted octanol–water partition coefficient (Wildman–Crippen LogP) is 1.46. The molecule has 0 spiro atoms. The normalized spacial score (nSPS) is 11.0. The second kappa shape index (κ2) is 6.33. The fourth-order valence-electron chi connectivity index (χ4n) is 1.55. The van der Waals surface area contributed by atoms with Crippen molar-refractivity contribution in [2.75, 3.05) is 13.2 Å². The van der Waals surface area contributed by atoms with Crippen LogP contribution in [0.3, 0.4) is 0 Å². The van der Waals surface area contributed by atoms with Crippen LogP contribution < -0.4 is 15.8 Å². The van der Waals surface area contributed by atoms with Crippen molar-refractivity contribution in [3.63, 3.8) is 0 Å². The summed E-state index contributed by atoms with van der Waals surface area (Å²) >= 11 is 0. The molecule has 0 radical (unpaired) electrons. The van der Waals surface area contributed by atoms with Gasteiger partial charge in [0, 0.05) is 18.2 Å². The van der Waals surface area contributed by atoms with E-state index in [-0.39, 0.29) is 30.2 Å². The Morgan fingerprint density at radius 1 is 1.50 bits per heavy atom. The predicted molar refractivity (Wildman–Crippen MR) is 74.9 cm³/mol. The van der Waals surface area contributed by atoms with Crippen molar-refractivity contribution >= 4 is 11.6 Å². The minimum absolute atomic E-state index is 0.0210. The van der Waals surface area contributed by atoms with Crippen LogP contribution in [0.4, 0.5) is 5.69 Å². The Bertz CT molecular complexity index is 509. The van der Waals surface area contributed by atoms with Gasteiger partial charge in [0.1, 0.15) is 0 Å². The molecule has 0 fully saturated rings. The number of para-hydroxylation sites is 1.